The van der Waals surface area contributed by atoms with Crippen LogP contribution in [-0.4, -0.2) is 157 Å². The van der Waals surface area contributed by atoms with E-state index in [9.17, 15) is 20.1 Å². The molecule has 0 saturated carbocycles. The Morgan fingerprint density at radius 3 is 2.29 bits per heavy atom. The Morgan fingerprint density at radius 2 is 1.64 bits per heavy atom. The summed E-state index contributed by atoms with van der Waals surface area (Å²) in [7, 11) is 5.67. The lowest BCUT2D eigenvalue weighted by atomic mass is 9.68. The number of nitrogens with one attached hydrogen (secondary N) is 2. The molecule has 15 atom stereocenters. The molecule has 0 bridgehead atoms. The van der Waals surface area contributed by atoms with Crippen molar-refractivity contribution in [1.82, 2.24) is 15.1 Å². The van der Waals surface area contributed by atoms with Crippen molar-refractivity contribution in [3.05, 3.63) is 48.4 Å². The molecule has 3 fully saturated rings. The number of rotatable bonds is 18. The Labute approximate surface area is 421 Å². The van der Waals surface area contributed by atoms with Gasteiger partial charge in [0.05, 0.1) is 48.1 Å². The average molecular weight is 990 g/mol. The normalized spacial score (nSPS) is 37.6. The van der Waals surface area contributed by atoms with E-state index in [-0.39, 0.29) is 30.6 Å². The predicted molar refractivity (Wildman–Crippen MR) is 275 cm³/mol. The molecule has 0 spiro atoms. The summed E-state index contributed by atoms with van der Waals surface area (Å²) in [4.78, 5) is 18.9. The molecule has 7 N–H and O–H groups in total. The van der Waals surface area contributed by atoms with Crippen molar-refractivity contribution in [2.24, 2.45) is 23.0 Å². The average Bonchev–Trinajstić information content (AvgIpc) is 3.29. The zero-order valence-electron chi connectivity index (χ0n) is 45.5. The van der Waals surface area contributed by atoms with Crippen molar-refractivity contribution in [3.63, 3.8) is 0 Å². The number of ether oxygens (including phenoxy) is 7. The van der Waals surface area contributed by atoms with Crippen LogP contribution in [0.25, 0.3) is 0 Å². The van der Waals surface area contributed by atoms with Crippen LogP contribution in [0.15, 0.2) is 48.4 Å². The number of nitrogens with zero attached hydrogens (tertiary/aromatic N) is 2. The monoisotopic (exact) mass is 990 g/mol. The van der Waals surface area contributed by atoms with Crippen LogP contribution in [0.5, 0.6) is 5.75 Å². The first-order valence-corrected chi connectivity index (χ1v) is 26.0. The molecule has 3 saturated heterocycles. The third-order valence-corrected chi connectivity index (χ3v) is 15.1. The Morgan fingerprint density at radius 1 is 0.971 bits per heavy atom. The molecule has 3 heterocycles. The molecule has 70 heavy (non-hydrogen) atoms. The van der Waals surface area contributed by atoms with E-state index in [0.717, 1.165) is 36.5 Å². The van der Waals surface area contributed by atoms with Crippen LogP contribution < -0.4 is 21.1 Å². The van der Waals surface area contributed by atoms with Gasteiger partial charge in [-0.2, -0.15) is 0 Å². The summed E-state index contributed by atoms with van der Waals surface area (Å²) in [6.45, 7) is 25.2. The molecule has 3 aliphatic heterocycles. The number of carbonyl (C=O) groups excluding carboxylic acids is 1. The zero-order valence-corrected chi connectivity index (χ0v) is 45.5. The van der Waals surface area contributed by atoms with E-state index in [0.29, 0.717) is 51.8 Å². The second-order valence-electron chi connectivity index (χ2n) is 22.2. The SMILES string of the molecule is C/C=C\Nc1ccc(OCCCN/C=C(\N)CCN(C)[C@@H]2C[C@H](O[C@@H]3C(C)(C)[C@H](O[C@H]4C[C@@](C)(OC)C[C@H](C)O4)[C@@H](C)C(=O)O[C@H](CC)[C@@](C)(O)[C@H](O)[C@@H](C)N(C)C[C@H](C)C[C@@]3(C)O)O[C@H](C)C2)cc1. The third kappa shape index (κ3) is 16.5. The minimum Gasteiger partial charge on any atom is -0.494 e. The summed E-state index contributed by atoms with van der Waals surface area (Å²) in [5.74, 6) is -0.840. The number of aliphatic hydroxyl groups excluding tert-OH is 1. The Hall–Kier alpha value is -3.03. The number of hydrogen-bond acceptors (Lipinski definition) is 16. The molecule has 0 unspecified atom stereocenters. The first kappa shape index (κ1) is 59.5. The van der Waals surface area contributed by atoms with E-state index < -0.39 is 77.1 Å². The molecule has 0 radical (unpaired) electrons. The van der Waals surface area contributed by atoms with Gasteiger partial charge in [0.2, 0.25) is 0 Å². The van der Waals surface area contributed by atoms with Gasteiger partial charge in [-0.1, -0.05) is 33.8 Å². The standard InChI is InChI=1S/C54H95N5O11/c1-16-24-57-41-19-21-43(22-20-41)65-27-18-25-56-33-40(55)23-26-58(13)42-28-36(4)66-45(29-42)70-50-51(8,9)48(69-46-32-52(10,64-15)31-37(5)67-46)38(6)49(61)68-44(17-2)54(12,63)47(60)39(7)59(14)34-35(3)30-53(50,11)62/h16,19-22,24,33,35-39,42,44-48,50,56-57,60,62-63H,17-18,23,25-32,34,55H2,1-15H3/b24-16-,40-33-/t35-,36-,37+,38-,39-,42+,44-,45+,46+,47-,48-,50-,52+,53-,54-/m1/s1. The number of benzene rings is 1. The van der Waals surface area contributed by atoms with Crippen molar-refractivity contribution >= 4 is 11.7 Å². The van der Waals surface area contributed by atoms with Gasteiger partial charge in [-0.25, -0.2) is 0 Å². The molecule has 402 valence electrons. The number of hydrogen-bond donors (Lipinski definition) is 6. The molecule has 16 heteroatoms. The number of allylic oxidation sites excluding steroid dienone is 1. The highest BCUT2D eigenvalue weighted by Crippen LogP contribution is 2.46. The van der Waals surface area contributed by atoms with Crippen LogP contribution in [0.2, 0.25) is 0 Å². The summed E-state index contributed by atoms with van der Waals surface area (Å²) in [5, 5.41) is 43.1. The summed E-state index contributed by atoms with van der Waals surface area (Å²) >= 11 is 0. The Bertz CT molecular complexity index is 1800. The first-order chi connectivity index (χ1) is 32.8. The highest BCUT2D eigenvalue weighted by atomic mass is 16.7. The number of likely N-dealkylation sites (N-methyl/N-ethyl adjacent to an activating group) is 1. The lowest BCUT2D eigenvalue weighted by Gasteiger charge is -2.52. The van der Waals surface area contributed by atoms with E-state index in [4.69, 9.17) is 38.9 Å². The van der Waals surface area contributed by atoms with Crippen molar-refractivity contribution in [3.8, 4) is 5.75 Å². The molecular formula is C54H95N5O11. The topological polar surface area (TPSA) is 199 Å². The zero-order chi connectivity index (χ0) is 52.2. The van der Waals surface area contributed by atoms with Gasteiger partial charge in [-0.3, -0.25) is 4.79 Å². The van der Waals surface area contributed by atoms with Crippen LogP contribution in [0, 0.1) is 17.3 Å². The molecule has 3 aliphatic rings. The first-order valence-electron chi connectivity index (χ1n) is 26.0. The highest BCUT2D eigenvalue weighted by molar-refractivity contribution is 5.73. The summed E-state index contributed by atoms with van der Waals surface area (Å²) in [5.41, 5.74) is 3.34. The minimum atomic E-state index is -1.78. The number of aliphatic hydroxyl groups is 3. The van der Waals surface area contributed by atoms with Crippen molar-refractivity contribution in [2.75, 3.05) is 52.8 Å². The minimum absolute atomic E-state index is 0.0824. The van der Waals surface area contributed by atoms with E-state index in [1.54, 1.807) is 21.0 Å². The number of esters is 1. The van der Waals surface area contributed by atoms with Crippen LogP contribution in [0.1, 0.15) is 134 Å². The van der Waals surface area contributed by atoms with Crippen LogP contribution in [-0.2, 0) is 33.2 Å². The van der Waals surface area contributed by atoms with Crippen molar-refractivity contribution in [2.45, 2.75) is 213 Å². The molecule has 0 aliphatic carbocycles. The predicted octanol–water partition coefficient (Wildman–Crippen LogP) is 6.91. The lowest BCUT2D eigenvalue weighted by molar-refractivity contribution is -0.309. The maximum Gasteiger partial charge on any atom is 0.311 e. The molecule has 16 nitrogen and oxygen atoms in total. The molecule has 0 aromatic heterocycles. The number of cyclic esters (lactones) is 1. The lowest BCUT2D eigenvalue weighted by Crippen LogP contribution is -2.61. The maximum atomic E-state index is 14.6. The van der Waals surface area contributed by atoms with Crippen molar-refractivity contribution in [1.29, 1.82) is 0 Å². The second-order valence-corrected chi connectivity index (χ2v) is 22.2. The van der Waals surface area contributed by atoms with E-state index in [1.807, 2.05) is 110 Å². The van der Waals surface area contributed by atoms with E-state index >= 15 is 0 Å². The smallest absolute Gasteiger partial charge is 0.311 e. The summed E-state index contributed by atoms with van der Waals surface area (Å²) < 4.78 is 45.3. The van der Waals surface area contributed by atoms with E-state index in [2.05, 4.69) is 29.5 Å². The fourth-order valence-electron chi connectivity index (χ4n) is 11.1. The van der Waals surface area contributed by atoms with Gasteiger partial charge >= 0.3 is 5.97 Å². The summed E-state index contributed by atoms with van der Waals surface area (Å²) in [6.07, 6.45) is 4.09. The Balaban J connectivity index is 1.56. The van der Waals surface area contributed by atoms with Crippen molar-refractivity contribution < 1.29 is 53.3 Å². The number of carbonyl (C=O) groups is 1. The fourth-order valence-corrected chi connectivity index (χ4v) is 11.1. The van der Waals surface area contributed by atoms with Gasteiger partial charge in [-0.15, -0.1) is 0 Å². The maximum absolute atomic E-state index is 14.6. The van der Waals surface area contributed by atoms with Crippen LogP contribution in [0.3, 0.4) is 0 Å². The molecule has 1 aromatic rings. The van der Waals surface area contributed by atoms with Crippen LogP contribution >= 0.6 is 0 Å². The van der Waals surface area contributed by atoms with Crippen LogP contribution in [0.4, 0.5) is 5.69 Å². The summed E-state index contributed by atoms with van der Waals surface area (Å²) in [6, 6.07) is 7.45. The quantitative estimate of drug-likeness (QED) is 0.0655. The number of anilines is 1. The van der Waals surface area contributed by atoms with Gasteiger partial charge in [-0.05, 0) is 132 Å². The van der Waals surface area contributed by atoms with Gasteiger partial charge in [0.25, 0.3) is 0 Å². The van der Waals surface area contributed by atoms with Gasteiger partial charge in [0, 0.05) is 87.5 Å². The Kier molecular flexibility index (Phi) is 22.3. The third-order valence-electron chi connectivity index (χ3n) is 15.1. The largest absolute Gasteiger partial charge is 0.494 e. The number of methoxy groups -OCH3 is 1. The van der Waals surface area contributed by atoms with Gasteiger partial charge in [0.1, 0.15) is 23.6 Å². The highest BCUT2D eigenvalue weighted by Gasteiger charge is 2.55. The van der Waals surface area contributed by atoms with E-state index in [1.165, 1.54) is 6.92 Å². The van der Waals surface area contributed by atoms with Gasteiger partial charge < -0.3 is 74.6 Å². The molecule has 1 aromatic carbocycles. The second kappa shape index (κ2) is 26.3. The number of nitrogens with two attached hydrogens (primary N) is 1. The molecular weight excluding hydrogens is 895 g/mol. The van der Waals surface area contributed by atoms with Gasteiger partial charge in [0.15, 0.2) is 12.6 Å². The molecule has 4 rings (SSSR count). The fraction of sp³-hybridized carbons (Fsp3) is 0.796. The molecule has 0 amide bonds.